The number of hydrogen-bond acceptors (Lipinski definition) is 3. The molecule has 21 heavy (non-hydrogen) atoms. The number of rotatable bonds is 3. The molecular weight excluding hydrogens is 292 g/mol. The van der Waals surface area contributed by atoms with Crippen LogP contribution in [0.5, 0.6) is 0 Å². The fourth-order valence-electron chi connectivity index (χ4n) is 2.38. The number of carbonyl (C=O) groups is 2. The first-order chi connectivity index (χ1) is 9.95. The van der Waals surface area contributed by atoms with Crippen molar-refractivity contribution in [2.24, 2.45) is 0 Å². The first-order valence-corrected chi connectivity index (χ1v) is 7.30. The SMILES string of the molecule is C[C@H]1CN(C(=O)CNC(=O)c2cccc(Cl)c2)C[C@H](C)O1. The molecule has 2 atom stereocenters. The van der Waals surface area contributed by atoms with E-state index in [4.69, 9.17) is 16.3 Å². The van der Waals surface area contributed by atoms with Crippen LogP contribution in [0.4, 0.5) is 0 Å². The summed E-state index contributed by atoms with van der Waals surface area (Å²) < 4.78 is 5.58. The second kappa shape index (κ2) is 6.91. The first kappa shape index (κ1) is 15.8. The van der Waals surface area contributed by atoms with Crippen LogP contribution in [0.25, 0.3) is 0 Å². The molecule has 1 N–H and O–H groups in total. The number of carbonyl (C=O) groups excluding carboxylic acids is 2. The maximum absolute atomic E-state index is 12.1. The lowest BCUT2D eigenvalue weighted by molar-refractivity contribution is -0.142. The summed E-state index contributed by atoms with van der Waals surface area (Å²) in [7, 11) is 0. The molecule has 0 unspecified atom stereocenters. The molecular formula is C15H19ClN2O3. The van der Waals surface area contributed by atoms with Gasteiger partial charge in [-0.2, -0.15) is 0 Å². The van der Waals surface area contributed by atoms with Crippen molar-refractivity contribution in [2.75, 3.05) is 19.6 Å². The predicted molar refractivity (Wildman–Crippen MR) is 80.4 cm³/mol. The molecule has 2 rings (SSSR count). The molecule has 1 aromatic carbocycles. The van der Waals surface area contributed by atoms with Gasteiger partial charge in [0, 0.05) is 23.7 Å². The molecule has 1 aliphatic heterocycles. The summed E-state index contributed by atoms with van der Waals surface area (Å²) >= 11 is 5.84. The van der Waals surface area contributed by atoms with Crippen LogP contribution in [0.15, 0.2) is 24.3 Å². The third-order valence-electron chi connectivity index (χ3n) is 3.26. The minimum Gasteiger partial charge on any atom is -0.372 e. The zero-order valence-corrected chi connectivity index (χ0v) is 12.9. The summed E-state index contributed by atoms with van der Waals surface area (Å²) in [4.78, 5) is 25.8. The van der Waals surface area contributed by atoms with E-state index in [1.807, 2.05) is 13.8 Å². The van der Waals surface area contributed by atoms with Gasteiger partial charge < -0.3 is 15.0 Å². The van der Waals surface area contributed by atoms with Crippen molar-refractivity contribution >= 4 is 23.4 Å². The van der Waals surface area contributed by atoms with E-state index >= 15 is 0 Å². The van der Waals surface area contributed by atoms with Gasteiger partial charge in [-0.15, -0.1) is 0 Å². The van der Waals surface area contributed by atoms with E-state index in [1.54, 1.807) is 29.2 Å². The standard InChI is InChI=1S/C15H19ClN2O3/c1-10-8-18(9-11(2)21-10)14(19)7-17-15(20)12-4-3-5-13(16)6-12/h3-6,10-11H,7-9H2,1-2H3,(H,17,20)/t10-,11-/m0/s1. The van der Waals surface area contributed by atoms with E-state index in [2.05, 4.69) is 5.32 Å². The zero-order valence-electron chi connectivity index (χ0n) is 12.1. The summed E-state index contributed by atoms with van der Waals surface area (Å²) in [6, 6.07) is 6.62. The minimum absolute atomic E-state index is 0.0151. The van der Waals surface area contributed by atoms with Crippen LogP contribution in [0, 0.1) is 0 Å². The highest BCUT2D eigenvalue weighted by Crippen LogP contribution is 2.11. The van der Waals surface area contributed by atoms with Gasteiger partial charge in [0.15, 0.2) is 0 Å². The molecule has 6 heteroatoms. The Morgan fingerprint density at radius 2 is 2.00 bits per heavy atom. The molecule has 5 nitrogen and oxygen atoms in total. The van der Waals surface area contributed by atoms with Gasteiger partial charge >= 0.3 is 0 Å². The van der Waals surface area contributed by atoms with E-state index < -0.39 is 0 Å². The van der Waals surface area contributed by atoms with E-state index in [0.29, 0.717) is 23.7 Å². The summed E-state index contributed by atoms with van der Waals surface area (Å²) in [6.45, 7) is 4.94. The third kappa shape index (κ3) is 4.44. The molecule has 114 valence electrons. The molecule has 0 radical (unpaired) electrons. The normalized spacial score (nSPS) is 22.0. The highest BCUT2D eigenvalue weighted by atomic mass is 35.5. The van der Waals surface area contributed by atoms with Crippen molar-refractivity contribution < 1.29 is 14.3 Å². The van der Waals surface area contributed by atoms with Gasteiger partial charge in [-0.3, -0.25) is 9.59 Å². The van der Waals surface area contributed by atoms with Crippen molar-refractivity contribution in [1.29, 1.82) is 0 Å². The monoisotopic (exact) mass is 310 g/mol. The largest absolute Gasteiger partial charge is 0.372 e. The first-order valence-electron chi connectivity index (χ1n) is 6.92. The lowest BCUT2D eigenvalue weighted by Gasteiger charge is -2.35. The fraction of sp³-hybridized carbons (Fsp3) is 0.467. The molecule has 0 aliphatic carbocycles. The summed E-state index contributed by atoms with van der Waals surface area (Å²) in [5, 5.41) is 3.11. The maximum atomic E-state index is 12.1. The summed E-state index contributed by atoms with van der Waals surface area (Å²) in [6.07, 6.45) is 0.0302. The Kier molecular flexibility index (Phi) is 5.20. The van der Waals surface area contributed by atoms with E-state index in [0.717, 1.165) is 0 Å². The van der Waals surface area contributed by atoms with Gasteiger partial charge in [0.2, 0.25) is 5.91 Å². The number of nitrogens with zero attached hydrogens (tertiary/aromatic N) is 1. The predicted octanol–water partition coefficient (Wildman–Crippen LogP) is 1.71. The van der Waals surface area contributed by atoms with Crippen molar-refractivity contribution in [1.82, 2.24) is 10.2 Å². The molecule has 1 heterocycles. The third-order valence-corrected chi connectivity index (χ3v) is 3.49. The summed E-state index contributed by atoms with van der Waals surface area (Å²) in [5.74, 6) is -0.410. The van der Waals surface area contributed by atoms with Crippen LogP contribution in [-0.2, 0) is 9.53 Å². The fourth-order valence-corrected chi connectivity index (χ4v) is 2.57. The highest BCUT2D eigenvalue weighted by molar-refractivity contribution is 6.30. The number of amides is 2. The molecule has 0 aromatic heterocycles. The Balaban J connectivity index is 1.87. The topological polar surface area (TPSA) is 58.6 Å². The van der Waals surface area contributed by atoms with Gasteiger partial charge in [-0.05, 0) is 32.0 Å². The van der Waals surface area contributed by atoms with Crippen molar-refractivity contribution in [3.05, 3.63) is 34.9 Å². The molecule has 0 saturated carbocycles. The van der Waals surface area contributed by atoms with Gasteiger partial charge in [0.25, 0.3) is 5.91 Å². The smallest absolute Gasteiger partial charge is 0.251 e. The molecule has 0 bridgehead atoms. The molecule has 1 aromatic rings. The number of nitrogens with one attached hydrogen (secondary N) is 1. The van der Waals surface area contributed by atoms with Gasteiger partial charge in [-0.1, -0.05) is 17.7 Å². The highest BCUT2D eigenvalue weighted by Gasteiger charge is 2.25. The minimum atomic E-state index is -0.305. The number of morpholine rings is 1. The van der Waals surface area contributed by atoms with Crippen LogP contribution in [0.2, 0.25) is 5.02 Å². The maximum Gasteiger partial charge on any atom is 0.251 e. The van der Waals surface area contributed by atoms with Crippen LogP contribution < -0.4 is 5.32 Å². The Labute approximate surface area is 129 Å². The average molecular weight is 311 g/mol. The van der Waals surface area contributed by atoms with Crippen LogP contribution in [0.1, 0.15) is 24.2 Å². The van der Waals surface area contributed by atoms with Crippen molar-refractivity contribution in [3.63, 3.8) is 0 Å². The quantitative estimate of drug-likeness (QED) is 0.924. The van der Waals surface area contributed by atoms with Gasteiger partial charge in [0.05, 0.1) is 18.8 Å². The second-order valence-corrected chi connectivity index (χ2v) is 5.69. The van der Waals surface area contributed by atoms with E-state index in [9.17, 15) is 9.59 Å². The van der Waals surface area contributed by atoms with Crippen molar-refractivity contribution in [2.45, 2.75) is 26.1 Å². The lowest BCUT2D eigenvalue weighted by atomic mass is 10.2. The Morgan fingerprint density at radius 3 is 2.62 bits per heavy atom. The van der Waals surface area contributed by atoms with Crippen LogP contribution >= 0.6 is 11.6 Å². The average Bonchev–Trinajstić information content (AvgIpc) is 2.43. The van der Waals surface area contributed by atoms with Crippen LogP contribution in [-0.4, -0.2) is 48.6 Å². The summed E-state index contributed by atoms with van der Waals surface area (Å²) in [5.41, 5.74) is 0.444. The molecule has 0 spiro atoms. The number of halogens is 1. The number of benzene rings is 1. The van der Waals surface area contributed by atoms with E-state index in [-0.39, 0.29) is 30.6 Å². The Morgan fingerprint density at radius 1 is 1.33 bits per heavy atom. The lowest BCUT2D eigenvalue weighted by Crippen LogP contribution is -2.51. The second-order valence-electron chi connectivity index (χ2n) is 5.25. The molecule has 2 amide bonds. The van der Waals surface area contributed by atoms with Crippen LogP contribution in [0.3, 0.4) is 0 Å². The Hall–Kier alpha value is -1.59. The Bertz CT molecular complexity index is 525. The molecule has 1 saturated heterocycles. The number of hydrogen-bond donors (Lipinski definition) is 1. The molecule has 1 aliphatic rings. The zero-order chi connectivity index (χ0) is 15.4. The van der Waals surface area contributed by atoms with Crippen molar-refractivity contribution in [3.8, 4) is 0 Å². The molecule has 1 fully saturated rings. The van der Waals surface area contributed by atoms with Gasteiger partial charge in [-0.25, -0.2) is 0 Å². The van der Waals surface area contributed by atoms with Gasteiger partial charge in [0.1, 0.15) is 0 Å². The van der Waals surface area contributed by atoms with E-state index in [1.165, 1.54) is 0 Å². The number of ether oxygens (including phenoxy) is 1.